The fraction of sp³-hybridized carbons (Fsp3) is 0.875. The minimum Gasteiger partial charge on any atom is -0.522 e. The molecule has 0 saturated carbocycles. The molecule has 0 fully saturated rings. The van der Waals surface area contributed by atoms with Crippen molar-refractivity contribution in [2.45, 2.75) is 39.8 Å². The highest BCUT2D eigenvalue weighted by Crippen LogP contribution is 2.09. The maximum absolute atomic E-state index is 11.2. The van der Waals surface area contributed by atoms with Crippen LogP contribution in [0.2, 0.25) is 13.1 Å². The second-order valence-electron chi connectivity index (χ2n) is 3.00. The summed E-state index contributed by atoms with van der Waals surface area (Å²) in [6, 6.07) is 0. The molecule has 0 spiro atoms. The molecule has 0 aromatic carbocycles. The van der Waals surface area contributed by atoms with Crippen LogP contribution in [0.1, 0.15) is 26.7 Å². The molecule has 0 atom stereocenters. The molecule has 3 heteroatoms. The van der Waals surface area contributed by atoms with Gasteiger partial charge in [-0.05, 0) is 25.9 Å². The summed E-state index contributed by atoms with van der Waals surface area (Å²) < 4.78 is 5.19. The van der Waals surface area contributed by atoms with Crippen molar-refractivity contribution in [2.24, 2.45) is 5.92 Å². The lowest BCUT2D eigenvalue weighted by atomic mass is 10.0. The Labute approximate surface area is 70.7 Å². The van der Waals surface area contributed by atoms with E-state index in [1.165, 1.54) is 0 Å². The summed E-state index contributed by atoms with van der Waals surface area (Å²) in [6.07, 6.45) is 1.80. The van der Waals surface area contributed by atoms with Gasteiger partial charge < -0.3 is 4.43 Å². The Kier molecular flexibility index (Phi) is 5.20. The molecule has 0 amide bonds. The van der Waals surface area contributed by atoms with Crippen LogP contribution in [0.4, 0.5) is 0 Å². The SMILES string of the molecule is CCC(CC)C(=O)O[SiH](C)C. The zero-order valence-corrected chi connectivity index (χ0v) is 9.04. The fourth-order valence-electron chi connectivity index (χ4n) is 0.951. The smallest absolute Gasteiger partial charge is 0.295 e. The number of hydrogen-bond donors (Lipinski definition) is 0. The largest absolute Gasteiger partial charge is 0.522 e. The first kappa shape index (κ1) is 10.7. The molecule has 0 aliphatic heterocycles. The topological polar surface area (TPSA) is 26.3 Å². The monoisotopic (exact) mass is 174 g/mol. The summed E-state index contributed by atoms with van der Waals surface area (Å²) in [5, 5.41) is 0. The lowest BCUT2D eigenvalue weighted by Gasteiger charge is -2.13. The molecule has 0 aromatic heterocycles. The summed E-state index contributed by atoms with van der Waals surface area (Å²) in [4.78, 5) is 11.2. The van der Waals surface area contributed by atoms with Crippen molar-refractivity contribution in [1.82, 2.24) is 0 Å². The van der Waals surface area contributed by atoms with Crippen LogP contribution in [0.3, 0.4) is 0 Å². The molecule has 0 aromatic rings. The van der Waals surface area contributed by atoms with Crippen molar-refractivity contribution < 1.29 is 9.22 Å². The standard InChI is InChI=1S/C8H18O2Si/c1-5-7(6-2)8(9)10-11(3)4/h7,11H,5-6H2,1-4H3. The van der Waals surface area contributed by atoms with E-state index in [1.807, 2.05) is 26.9 Å². The van der Waals surface area contributed by atoms with Crippen molar-refractivity contribution in [3.8, 4) is 0 Å². The molecule has 0 aliphatic rings. The molecule has 2 nitrogen and oxygen atoms in total. The van der Waals surface area contributed by atoms with Gasteiger partial charge in [-0.15, -0.1) is 0 Å². The maximum Gasteiger partial charge on any atom is 0.295 e. The summed E-state index contributed by atoms with van der Waals surface area (Å²) in [5.41, 5.74) is 0. The van der Waals surface area contributed by atoms with E-state index in [0.29, 0.717) is 0 Å². The van der Waals surface area contributed by atoms with Crippen LogP contribution in [0.15, 0.2) is 0 Å². The first-order chi connectivity index (χ1) is 5.11. The lowest BCUT2D eigenvalue weighted by Crippen LogP contribution is -2.22. The van der Waals surface area contributed by atoms with Gasteiger partial charge >= 0.3 is 0 Å². The van der Waals surface area contributed by atoms with Crippen LogP contribution >= 0.6 is 0 Å². The molecule has 11 heavy (non-hydrogen) atoms. The molecule has 0 aliphatic carbocycles. The first-order valence-electron chi connectivity index (χ1n) is 4.32. The van der Waals surface area contributed by atoms with Gasteiger partial charge in [0.15, 0.2) is 0 Å². The van der Waals surface area contributed by atoms with Gasteiger partial charge in [0.25, 0.3) is 5.97 Å². The third kappa shape index (κ3) is 4.19. The van der Waals surface area contributed by atoms with Crippen molar-refractivity contribution in [2.75, 3.05) is 0 Å². The Balaban J connectivity index is 3.79. The molecule has 0 N–H and O–H groups in total. The van der Waals surface area contributed by atoms with E-state index in [0.717, 1.165) is 12.8 Å². The van der Waals surface area contributed by atoms with Gasteiger partial charge in [0.1, 0.15) is 0 Å². The zero-order chi connectivity index (χ0) is 8.85. The second-order valence-corrected chi connectivity index (χ2v) is 5.33. The predicted octanol–water partition coefficient (Wildman–Crippen LogP) is 1.95. The van der Waals surface area contributed by atoms with Crippen molar-refractivity contribution in [1.29, 1.82) is 0 Å². The van der Waals surface area contributed by atoms with Crippen LogP contribution in [-0.4, -0.2) is 15.0 Å². The highest BCUT2D eigenvalue weighted by Gasteiger charge is 2.16. The van der Waals surface area contributed by atoms with Crippen molar-refractivity contribution in [3.63, 3.8) is 0 Å². The van der Waals surface area contributed by atoms with Crippen LogP contribution in [0.5, 0.6) is 0 Å². The molecular formula is C8H18O2Si. The quantitative estimate of drug-likeness (QED) is 0.609. The summed E-state index contributed by atoms with van der Waals surface area (Å²) in [7, 11) is -1.16. The van der Waals surface area contributed by atoms with Gasteiger partial charge in [-0.1, -0.05) is 13.8 Å². The van der Waals surface area contributed by atoms with Crippen LogP contribution in [0.25, 0.3) is 0 Å². The van der Waals surface area contributed by atoms with E-state index in [4.69, 9.17) is 4.43 Å². The van der Waals surface area contributed by atoms with Gasteiger partial charge in [-0.25, -0.2) is 0 Å². The Bertz CT molecular complexity index is 119. The Morgan fingerprint density at radius 3 is 2.09 bits per heavy atom. The summed E-state index contributed by atoms with van der Waals surface area (Å²) >= 11 is 0. The highest BCUT2D eigenvalue weighted by atomic mass is 28.3. The van der Waals surface area contributed by atoms with E-state index in [2.05, 4.69) is 0 Å². The number of hydrogen-bond acceptors (Lipinski definition) is 2. The Morgan fingerprint density at radius 1 is 1.36 bits per heavy atom. The highest BCUT2D eigenvalue weighted by molar-refractivity contribution is 6.50. The molecule has 0 heterocycles. The van der Waals surface area contributed by atoms with Gasteiger partial charge in [0.2, 0.25) is 9.04 Å². The fourth-order valence-corrected chi connectivity index (χ4v) is 1.61. The first-order valence-corrected chi connectivity index (χ1v) is 7.10. The Hall–Kier alpha value is -0.313. The molecule has 66 valence electrons. The molecule has 0 radical (unpaired) electrons. The average molecular weight is 174 g/mol. The molecular weight excluding hydrogens is 156 g/mol. The van der Waals surface area contributed by atoms with Gasteiger partial charge in [0, 0.05) is 0 Å². The zero-order valence-electron chi connectivity index (χ0n) is 7.89. The number of carbonyl (C=O) groups excluding carboxylic acids is 1. The minimum absolute atomic E-state index is 0.0108. The van der Waals surface area contributed by atoms with E-state index < -0.39 is 9.04 Å². The van der Waals surface area contributed by atoms with E-state index in [9.17, 15) is 4.79 Å². The van der Waals surface area contributed by atoms with Gasteiger partial charge in [-0.2, -0.15) is 0 Å². The number of rotatable bonds is 4. The third-order valence-electron chi connectivity index (χ3n) is 1.67. The van der Waals surface area contributed by atoms with Crippen LogP contribution in [0, 0.1) is 5.92 Å². The minimum atomic E-state index is -1.16. The third-order valence-corrected chi connectivity index (χ3v) is 2.37. The molecule has 0 saturated heterocycles. The molecule has 0 bridgehead atoms. The molecule has 0 unspecified atom stereocenters. The van der Waals surface area contributed by atoms with E-state index >= 15 is 0 Å². The molecule has 0 rings (SSSR count). The van der Waals surface area contributed by atoms with Crippen molar-refractivity contribution >= 4 is 15.0 Å². The average Bonchev–Trinajstić information content (AvgIpc) is 1.88. The van der Waals surface area contributed by atoms with E-state index in [-0.39, 0.29) is 11.9 Å². The lowest BCUT2D eigenvalue weighted by molar-refractivity contribution is -0.139. The summed E-state index contributed by atoms with van der Waals surface area (Å²) in [5.74, 6) is 0.140. The van der Waals surface area contributed by atoms with Crippen molar-refractivity contribution in [3.05, 3.63) is 0 Å². The number of carbonyl (C=O) groups is 1. The van der Waals surface area contributed by atoms with Crippen LogP contribution < -0.4 is 0 Å². The summed E-state index contributed by atoms with van der Waals surface area (Å²) in [6.45, 7) is 8.08. The van der Waals surface area contributed by atoms with Crippen LogP contribution in [-0.2, 0) is 9.22 Å². The van der Waals surface area contributed by atoms with E-state index in [1.54, 1.807) is 0 Å². The van der Waals surface area contributed by atoms with Gasteiger partial charge in [-0.3, -0.25) is 4.79 Å². The normalized spacial score (nSPS) is 10.7. The Morgan fingerprint density at radius 2 is 1.82 bits per heavy atom. The maximum atomic E-state index is 11.2. The predicted molar refractivity (Wildman–Crippen MR) is 49.0 cm³/mol. The second kappa shape index (κ2) is 5.35. The van der Waals surface area contributed by atoms with Gasteiger partial charge in [0.05, 0.1) is 5.92 Å².